The summed E-state index contributed by atoms with van der Waals surface area (Å²) in [6.45, 7) is 2.26. The third-order valence-corrected chi connectivity index (χ3v) is 7.81. The zero-order chi connectivity index (χ0) is 21.0. The molecule has 3 aromatic rings. The van der Waals surface area contributed by atoms with Crippen LogP contribution in [-0.2, 0) is 16.4 Å². The van der Waals surface area contributed by atoms with Crippen molar-refractivity contribution in [3.05, 3.63) is 66.0 Å². The van der Waals surface area contributed by atoms with Gasteiger partial charge in [-0.05, 0) is 36.2 Å². The van der Waals surface area contributed by atoms with E-state index in [4.69, 9.17) is 4.74 Å². The molecule has 0 amide bonds. The van der Waals surface area contributed by atoms with E-state index in [1.807, 2.05) is 18.2 Å². The Morgan fingerprint density at radius 2 is 1.77 bits per heavy atom. The molecule has 9 heteroatoms. The fourth-order valence-corrected chi connectivity index (χ4v) is 5.65. The molecule has 2 aromatic carbocycles. The van der Waals surface area contributed by atoms with Crippen molar-refractivity contribution in [1.82, 2.24) is 13.7 Å². The summed E-state index contributed by atoms with van der Waals surface area (Å²) in [7, 11) is -1.97. The van der Waals surface area contributed by atoms with Crippen molar-refractivity contribution in [3.8, 4) is 5.75 Å². The average Bonchev–Trinajstić information content (AvgIpc) is 3.08. The van der Waals surface area contributed by atoms with Gasteiger partial charge in [0.25, 0.3) is 0 Å². The van der Waals surface area contributed by atoms with Gasteiger partial charge in [-0.3, -0.25) is 0 Å². The van der Waals surface area contributed by atoms with Gasteiger partial charge >= 0.3 is 0 Å². The van der Waals surface area contributed by atoms with Gasteiger partial charge in [-0.25, -0.2) is 13.4 Å². The highest BCUT2D eigenvalue weighted by Gasteiger charge is 2.27. The van der Waals surface area contributed by atoms with Crippen molar-refractivity contribution >= 4 is 26.7 Å². The molecule has 0 aliphatic carbocycles. The molecule has 158 valence electrons. The minimum absolute atomic E-state index is 0.290. The molecular weight excluding hydrogens is 420 g/mol. The summed E-state index contributed by atoms with van der Waals surface area (Å²) in [6, 6.07) is 16.7. The number of ether oxygens (including phenoxy) is 1. The van der Waals surface area contributed by atoms with Crippen LogP contribution in [0.4, 0.5) is 5.13 Å². The first-order valence-electron chi connectivity index (χ1n) is 9.82. The lowest BCUT2D eigenvalue weighted by Crippen LogP contribution is -2.35. The third-order valence-electron chi connectivity index (χ3n) is 5.09. The summed E-state index contributed by atoms with van der Waals surface area (Å²) in [5.74, 6) is 1.44. The van der Waals surface area contributed by atoms with Crippen LogP contribution in [0.2, 0.25) is 0 Å². The van der Waals surface area contributed by atoms with Gasteiger partial charge in [-0.15, -0.1) is 0 Å². The smallest absolute Gasteiger partial charge is 0.243 e. The Labute approximate surface area is 181 Å². The molecule has 1 aliphatic heterocycles. The third kappa shape index (κ3) is 4.63. The van der Waals surface area contributed by atoms with Crippen LogP contribution in [-0.4, -0.2) is 55.4 Å². The fourth-order valence-electron chi connectivity index (χ4n) is 3.45. The SMILES string of the molecule is COc1ccc(S(=O)(=O)N2CCCN(c3nc(Cc4ccccc4)ns3)CC2)cc1. The van der Waals surface area contributed by atoms with Crippen molar-refractivity contribution in [2.45, 2.75) is 17.7 Å². The van der Waals surface area contributed by atoms with E-state index in [1.165, 1.54) is 17.1 Å². The van der Waals surface area contributed by atoms with Crippen molar-refractivity contribution in [1.29, 1.82) is 0 Å². The predicted octanol–water partition coefficient (Wildman–Crippen LogP) is 3.04. The minimum atomic E-state index is -3.53. The molecule has 30 heavy (non-hydrogen) atoms. The van der Waals surface area contributed by atoms with Crippen molar-refractivity contribution in [2.75, 3.05) is 38.2 Å². The molecule has 4 rings (SSSR count). The Bertz CT molecular complexity index is 1070. The van der Waals surface area contributed by atoms with E-state index < -0.39 is 10.0 Å². The molecule has 0 radical (unpaired) electrons. The number of methoxy groups -OCH3 is 1. The summed E-state index contributed by atoms with van der Waals surface area (Å²) in [6.07, 6.45) is 1.44. The normalized spacial score (nSPS) is 15.7. The van der Waals surface area contributed by atoms with E-state index in [1.54, 1.807) is 35.7 Å². The molecule has 2 heterocycles. The zero-order valence-electron chi connectivity index (χ0n) is 16.8. The highest BCUT2D eigenvalue weighted by Crippen LogP contribution is 2.24. The summed E-state index contributed by atoms with van der Waals surface area (Å²) >= 11 is 1.38. The van der Waals surface area contributed by atoms with Gasteiger partial charge in [0.05, 0.1) is 12.0 Å². The van der Waals surface area contributed by atoms with Crippen LogP contribution in [0.1, 0.15) is 17.8 Å². The second-order valence-corrected chi connectivity index (χ2v) is 9.74. The number of hydrogen-bond donors (Lipinski definition) is 0. The lowest BCUT2D eigenvalue weighted by Gasteiger charge is -2.21. The van der Waals surface area contributed by atoms with E-state index in [-0.39, 0.29) is 4.90 Å². The van der Waals surface area contributed by atoms with E-state index >= 15 is 0 Å². The maximum Gasteiger partial charge on any atom is 0.243 e. The van der Waals surface area contributed by atoms with Gasteiger partial charge in [-0.1, -0.05) is 30.3 Å². The predicted molar refractivity (Wildman–Crippen MR) is 118 cm³/mol. The van der Waals surface area contributed by atoms with Crippen molar-refractivity contribution in [3.63, 3.8) is 0 Å². The van der Waals surface area contributed by atoms with E-state index in [9.17, 15) is 8.42 Å². The summed E-state index contributed by atoms with van der Waals surface area (Å²) < 4.78 is 37.2. The minimum Gasteiger partial charge on any atom is -0.497 e. The molecule has 1 fully saturated rings. The lowest BCUT2D eigenvalue weighted by atomic mass is 10.1. The maximum absolute atomic E-state index is 13.0. The number of sulfonamides is 1. The highest BCUT2D eigenvalue weighted by molar-refractivity contribution is 7.89. The summed E-state index contributed by atoms with van der Waals surface area (Å²) in [5.41, 5.74) is 1.18. The molecule has 1 aromatic heterocycles. The average molecular weight is 445 g/mol. The Hall–Kier alpha value is -2.49. The standard InChI is InChI=1S/C21H24N4O3S2/c1-28-18-8-10-19(11-9-18)30(26,27)25-13-5-12-24(14-15-25)21-22-20(23-29-21)16-17-6-3-2-4-7-17/h2-4,6-11H,5,12-16H2,1H3. The topological polar surface area (TPSA) is 75.6 Å². The largest absolute Gasteiger partial charge is 0.497 e. The molecule has 0 saturated carbocycles. The number of rotatable bonds is 6. The molecule has 1 aliphatic rings. The molecule has 0 atom stereocenters. The molecule has 0 unspecified atom stereocenters. The number of nitrogens with zero attached hydrogens (tertiary/aromatic N) is 4. The molecule has 0 bridgehead atoms. The summed E-state index contributed by atoms with van der Waals surface area (Å²) in [5, 5.41) is 0.852. The van der Waals surface area contributed by atoms with Gasteiger partial charge in [0, 0.05) is 44.1 Å². The van der Waals surface area contributed by atoms with Gasteiger partial charge < -0.3 is 9.64 Å². The number of benzene rings is 2. The second kappa shape index (κ2) is 9.11. The van der Waals surface area contributed by atoms with Crippen LogP contribution in [0.5, 0.6) is 5.75 Å². The Balaban J connectivity index is 1.42. The monoisotopic (exact) mass is 444 g/mol. The summed E-state index contributed by atoms with van der Waals surface area (Å²) in [4.78, 5) is 7.11. The van der Waals surface area contributed by atoms with E-state index in [0.717, 1.165) is 23.9 Å². The van der Waals surface area contributed by atoms with Crippen LogP contribution in [0, 0.1) is 0 Å². The number of hydrogen-bond acceptors (Lipinski definition) is 7. The van der Waals surface area contributed by atoms with Crippen molar-refractivity contribution < 1.29 is 13.2 Å². The van der Waals surface area contributed by atoms with E-state index in [2.05, 4.69) is 26.4 Å². The quantitative estimate of drug-likeness (QED) is 0.582. The Kier molecular flexibility index (Phi) is 6.31. The molecular formula is C21H24N4O3S2. The lowest BCUT2D eigenvalue weighted by molar-refractivity contribution is 0.413. The first-order valence-corrected chi connectivity index (χ1v) is 12.0. The Morgan fingerprint density at radius 1 is 1.00 bits per heavy atom. The van der Waals surface area contributed by atoms with Crippen LogP contribution in [0.15, 0.2) is 59.5 Å². The maximum atomic E-state index is 13.0. The highest BCUT2D eigenvalue weighted by atomic mass is 32.2. The van der Waals surface area contributed by atoms with Crippen LogP contribution < -0.4 is 9.64 Å². The van der Waals surface area contributed by atoms with Gasteiger partial charge in [-0.2, -0.15) is 8.68 Å². The second-order valence-electron chi connectivity index (χ2n) is 7.08. The van der Waals surface area contributed by atoms with Crippen LogP contribution in [0.3, 0.4) is 0 Å². The molecule has 0 spiro atoms. The van der Waals surface area contributed by atoms with Crippen LogP contribution >= 0.6 is 11.5 Å². The van der Waals surface area contributed by atoms with Gasteiger partial charge in [0.1, 0.15) is 11.6 Å². The molecule has 0 N–H and O–H groups in total. The van der Waals surface area contributed by atoms with Crippen LogP contribution in [0.25, 0.3) is 0 Å². The zero-order valence-corrected chi connectivity index (χ0v) is 18.4. The van der Waals surface area contributed by atoms with Crippen molar-refractivity contribution in [2.24, 2.45) is 0 Å². The molecule has 1 saturated heterocycles. The number of aromatic nitrogens is 2. The van der Waals surface area contributed by atoms with Gasteiger partial charge in [0.15, 0.2) is 0 Å². The first kappa shape index (κ1) is 20.8. The van der Waals surface area contributed by atoms with E-state index in [0.29, 0.717) is 31.8 Å². The number of anilines is 1. The fraction of sp³-hybridized carbons (Fsp3) is 0.333. The first-order chi connectivity index (χ1) is 14.6. The van der Waals surface area contributed by atoms with Gasteiger partial charge in [0.2, 0.25) is 15.2 Å². The molecule has 7 nitrogen and oxygen atoms in total. The Morgan fingerprint density at radius 3 is 2.50 bits per heavy atom.